The Morgan fingerprint density at radius 2 is 1.84 bits per heavy atom. The zero-order chi connectivity index (χ0) is 13.4. The van der Waals surface area contributed by atoms with Crippen LogP contribution in [0.1, 0.15) is 17.4 Å². The molecule has 3 N–H and O–H groups in total. The molecule has 2 aromatic carbocycles. The number of fused-ring (bicyclic) bond motifs is 1. The lowest BCUT2D eigenvalue weighted by Crippen LogP contribution is -1.94. The fraction of sp³-hybridized carbons (Fsp3) is 0.0625. The van der Waals surface area contributed by atoms with Gasteiger partial charge in [-0.3, -0.25) is 4.79 Å². The average molecular weight is 250 g/mol. The Bertz CT molecular complexity index is 757. The molecule has 0 aliphatic rings. The van der Waals surface area contributed by atoms with Crippen LogP contribution < -0.4 is 5.73 Å². The van der Waals surface area contributed by atoms with E-state index in [1.165, 1.54) is 0 Å². The van der Waals surface area contributed by atoms with E-state index in [9.17, 15) is 4.79 Å². The van der Waals surface area contributed by atoms with Gasteiger partial charge in [-0.25, -0.2) is 0 Å². The van der Waals surface area contributed by atoms with E-state index in [-0.39, 0.29) is 5.78 Å². The molecule has 0 saturated heterocycles. The van der Waals surface area contributed by atoms with Crippen molar-refractivity contribution in [2.24, 2.45) is 0 Å². The quantitative estimate of drug-likeness (QED) is 0.539. The number of Topliss-reactive ketones (excluding diaryl/α,β-unsaturated/α-hetero) is 1. The Hall–Kier alpha value is -2.55. The number of aromatic nitrogens is 1. The standard InChI is InChI=1S/C16H14N2O/c1-10(19)16-15(11-5-3-2-4-6-11)13-9-12(17)7-8-14(13)18-16/h2-9,18H,17H2,1H3. The Morgan fingerprint density at radius 1 is 1.11 bits per heavy atom. The first-order valence-electron chi connectivity index (χ1n) is 6.14. The first-order chi connectivity index (χ1) is 9.16. The monoisotopic (exact) mass is 250 g/mol. The third-order valence-corrected chi connectivity index (χ3v) is 3.24. The van der Waals surface area contributed by atoms with Gasteiger partial charge in [-0.1, -0.05) is 30.3 Å². The minimum atomic E-state index is 0.0219. The van der Waals surface area contributed by atoms with Crippen LogP contribution in [-0.4, -0.2) is 10.8 Å². The second-order valence-corrected chi connectivity index (χ2v) is 4.60. The van der Waals surface area contributed by atoms with Gasteiger partial charge in [0.2, 0.25) is 0 Å². The van der Waals surface area contributed by atoms with Gasteiger partial charge in [0.15, 0.2) is 5.78 Å². The van der Waals surface area contributed by atoms with E-state index >= 15 is 0 Å². The number of nitrogens with two attached hydrogens (primary N) is 1. The van der Waals surface area contributed by atoms with Gasteiger partial charge in [0.25, 0.3) is 0 Å². The largest absolute Gasteiger partial charge is 0.399 e. The lowest BCUT2D eigenvalue weighted by atomic mass is 10.0. The van der Waals surface area contributed by atoms with E-state index in [1.54, 1.807) is 6.92 Å². The van der Waals surface area contributed by atoms with E-state index in [0.29, 0.717) is 11.4 Å². The smallest absolute Gasteiger partial charge is 0.176 e. The number of ketones is 1. The van der Waals surface area contributed by atoms with Crippen LogP contribution in [0.4, 0.5) is 5.69 Å². The SMILES string of the molecule is CC(=O)c1[nH]c2ccc(N)cc2c1-c1ccccc1. The summed E-state index contributed by atoms with van der Waals surface area (Å²) in [5.74, 6) is 0.0219. The van der Waals surface area contributed by atoms with Crippen LogP contribution in [0.3, 0.4) is 0 Å². The Morgan fingerprint density at radius 3 is 2.53 bits per heavy atom. The van der Waals surface area contributed by atoms with Gasteiger partial charge in [-0.2, -0.15) is 0 Å². The molecule has 1 heterocycles. The first-order valence-corrected chi connectivity index (χ1v) is 6.14. The van der Waals surface area contributed by atoms with Crippen LogP contribution in [0, 0.1) is 0 Å². The topological polar surface area (TPSA) is 58.9 Å². The number of rotatable bonds is 2. The minimum Gasteiger partial charge on any atom is -0.399 e. The van der Waals surface area contributed by atoms with Crippen molar-refractivity contribution in [1.82, 2.24) is 4.98 Å². The highest BCUT2D eigenvalue weighted by atomic mass is 16.1. The molecule has 3 rings (SSSR count). The summed E-state index contributed by atoms with van der Waals surface area (Å²) in [6.07, 6.45) is 0. The number of nitrogen functional groups attached to an aromatic ring is 1. The fourth-order valence-corrected chi connectivity index (χ4v) is 2.38. The lowest BCUT2D eigenvalue weighted by molar-refractivity contribution is 0.101. The third kappa shape index (κ3) is 1.89. The number of carbonyl (C=O) groups excluding carboxylic acids is 1. The molecule has 94 valence electrons. The van der Waals surface area contributed by atoms with E-state index < -0.39 is 0 Å². The van der Waals surface area contributed by atoms with E-state index in [4.69, 9.17) is 5.73 Å². The number of benzene rings is 2. The van der Waals surface area contributed by atoms with Gasteiger partial charge < -0.3 is 10.7 Å². The third-order valence-electron chi connectivity index (χ3n) is 3.24. The van der Waals surface area contributed by atoms with Gasteiger partial charge in [0.05, 0.1) is 5.69 Å². The molecule has 0 atom stereocenters. The van der Waals surface area contributed by atoms with Crippen molar-refractivity contribution in [3.05, 3.63) is 54.2 Å². The maximum Gasteiger partial charge on any atom is 0.176 e. The van der Waals surface area contributed by atoms with Gasteiger partial charge >= 0.3 is 0 Å². The number of anilines is 1. The van der Waals surface area contributed by atoms with Crippen molar-refractivity contribution in [2.45, 2.75) is 6.92 Å². The molecule has 0 aliphatic carbocycles. The Balaban J connectivity index is 2.40. The molecule has 3 nitrogen and oxygen atoms in total. The van der Waals surface area contributed by atoms with Crippen LogP contribution >= 0.6 is 0 Å². The molecule has 0 radical (unpaired) electrons. The van der Waals surface area contributed by atoms with Crippen LogP contribution in [-0.2, 0) is 0 Å². The molecule has 0 bridgehead atoms. The second kappa shape index (κ2) is 4.28. The summed E-state index contributed by atoms with van der Waals surface area (Å²) in [4.78, 5) is 15.0. The highest BCUT2D eigenvalue weighted by molar-refractivity contribution is 6.10. The molecule has 3 aromatic rings. The van der Waals surface area contributed by atoms with Gasteiger partial charge in [0.1, 0.15) is 0 Å². The van der Waals surface area contributed by atoms with E-state index in [0.717, 1.165) is 22.0 Å². The van der Waals surface area contributed by atoms with Gasteiger partial charge in [-0.05, 0) is 23.8 Å². The predicted octanol–water partition coefficient (Wildman–Crippen LogP) is 3.62. The van der Waals surface area contributed by atoms with Crippen LogP contribution in [0.2, 0.25) is 0 Å². The van der Waals surface area contributed by atoms with Crippen molar-refractivity contribution >= 4 is 22.4 Å². The van der Waals surface area contributed by atoms with Crippen molar-refractivity contribution in [1.29, 1.82) is 0 Å². The molecule has 19 heavy (non-hydrogen) atoms. The molecular formula is C16H14N2O. The summed E-state index contributed by atoms with van der Waals surface area (Å²) < 4.78 is 0. The molecule has 0 unspecified atom stereocenters. The summed E-state index contributed by atoms with van der Waals surface area (Å²) >= 11 is 0. The van der Waals surface area contributed by atoms with Gasteiger partial charge in [-0.15, -0.1) is 0 Å². The number of hydrogen-bond acceptors (Lipinski definition) is 2. The van der Waals surface area contributed by atoms with Crippen molar-refractivity contribution in [3.63, 3.8) is 0 Å². The van der Waals surface area contributed by atoms with Crippen molar-refractivity contribution < 1.29 is 4.79 Å². The number of carbonyl (C=O) groups is 1. The maximum atomic E-state index is 11.8. The zero-order valence-corrected chi connectivity index (χ0v) is 10.6. The zero-order valence-electron chi connectivity index (χ0n) is 10.6. The number of hydrogen-bond donors (Lipinski definition) is 2. The summed E-state index contributed by atoms with van der Waals surface area (Å²) in [6.45, 7) is 1.57. The van der Waals surface area contributed by atoms with Crippen molar-refractivity contribution in [3.8, 4) is 11.1 Å². The lowest BCUT2D eigenvalue weighted by Gasteiger charge is -2.02. The molecule has 0 spiro atoms. The van der Waals surface area contributed by atoms with Crippen molar-refractivity contribution in [2.75, 3.05) is 5.73 Å². The second-order valence-electron chi connectivity index (χ2n) is 4.60. The molecule has 0 saturated carbocycles. The highest BCUT2D eigenvalue weighted by Gasteiger charge is 2.16. The fourth-order valence-electron chi connectivity index (χ4n) is 2.38. The molecule has 1 aromatic heterocycles. The molecule has 3 heteroatoms. The van der Waals surface area contributed by atoms with Gasteiger partial charge in [0, 0.05) is 29.1 Å². The van der Waals surface area contributed by atoms with E-state index in [2.05, 4.69) is 4.98 Å². The highest BCUT2D eigenvalue weighted by Crippen LogP contribution is 2.33. The minimum absolute atomic E-state index is 0.0219. The first kappa shape index (κ1) is 11.5. The summed E-state index contributed by atoms with van der Waals surface area (Å²) in [5, 5.41) is 0.983. The molecule has 0 aliphatic heterocycles. The average Bonchev–Trinajstić information content (AvgIpc) is 2.78. The Kier molecular flexibility index (Phi) is 2.60. The normalized spacial score (nSPS) is 10.8. The molecular weight excluding hydrogens is 236 g/mol. The van der Waals surface area contributed by atoms with Crippen LogP contribution in [0.5, 0.6) is 0 Å². The summed E-state index contributed by atoms with van der Waals surface area (Å²) in [5.41, 5.74) is 10.1. The molecule has 0 amide bonds. The Labute approximate surface area is 111 Å². The van der Waals surface area contributed by atoms with E-state index in [1.807, 2.05) is 48.5 Å². The maximum absolute atomic E-state index is 11.8. The summed E-state index contributed by atoms with van der Waals surface area (Å²) in [6, 6.07) is 15.5. The number of H-pyrrole nitrogens is 1. The number of aromatic amines is 1. The van der Waals surface area contributed by atoms with Crippen LogP contribution in [0.15, 0.2) is 48.5 Å². The predicted molar refractivity (Wildman–Crippen MR) is 78.2 cm³/mol. The summed E-state index contributed by atoms with van der Waals surface area (Å²) in [7, 11) is 0. The van der Waals surface area contributed by atoms with Crippen LogP contribution in [0.25, 0.3) is 22.0 Å². The number of nitrogens with one attached hydrogen (secondary N) is 1. The molecule has 0 fully saturated rings.